The number of halogens is 3. The number of rotatable bonds is 7. The first-order chi connectivity index (χ1) is 11.5. The predicted molar refractivity (Wildman–Crippen MR) is 82.8 cm³/mol. The summed E-state index contributed by atoms with van der Waals surface area (Å²) in [5.41, 5.74) is -1.73. The highest BCUT2D eigenvalue weighted by atomic mass is 19.4. The molecule has 0 heterocycles. The lowest BCUT2D eigenvalue weighted by molar-refractivity contribution is -0.142. The monoisotopic (exact) mass is 360 g/mol. The maximum atomic E-state index is 12.9. The SMILES string of the molecule is CC(C)CC(NC(=O)CNC(=O)c1ccccc1C(F)(F)F)C(=O)O. The lowest BCUT2D eigenvalue weighted by Crippen LogP contribution is -2.46. The Hall–Kier alpha value is -2.58. The van der Waals surface area contributed by atoms with Gasteiger partial charge < -0.3 is 15.7 Å². The smallest absolute Gasteiger partial charge is 0.417 e. The number of amides is 2. The van der Waals surface area contributed by atoms with E-state index in [4.69, 9.17) is 5.11 Å². The number of hydrogen-bond acceptors (Lipinski definition) is 3. The van der Waals surface area contributed by atoms with Crippen LogP contribution in [0.25, 0.3) is 0 Å². The van der Waals surface area contributed by atoms with E-state index in [2.05, 4.69) is 10.6 Å². The summed E-state index contributed by atoms with van der Waals surface area (Å²) in [6, 6.07) is 3.04. The second-order valence-electron chi connectivity index (χ2n) is 5.81. The van der Waals surface area contributed by atoms with E-state index in [1.807, 2.05) is 0 Å². The van der Waals surface area contributed by atoms with Crippen LogP contribution in [0.3, 0.4) is 0 Å². The zero-order valence-electron chi connectivity index (χ0n) is 13.7. The molecule has 3 N–H and O–H groups in total. The molecule has 0 saturated heterocycles. The molecule has 0 aliphatic carbocycles. The number of carboxylic acid groups (broad SMARTS) is 1. The van der Waals surface area contributed by atoms with Crippen molar-refractivity contribution in [2.45, 2.75) is 32.5 Å². The Labute approximate surface area is 142 Å². The highest BCUT2D eigenvalue weighted by Crippen LogP contribution is 2.31. The summed E-state index contributed by atoms with van der Waals surface area (Å²) < 4.78 is 38.6. The van der Waals surface area contributed by atoms with E-state index in [0.29, 0.717) is 0 Å². The second-order valence-corrected chi connectivity index (χ2v) is 5.81. The molecule has 0 aliphatic rings. The molecule has 25 heavy (non-hydrogen) atoms. The Bertz CT molecular complexity index is 645. The van der Waals surface area contributed by atoms with Gasteiger partial charge in [0.05, 0.1) is 17.7 Å². The normalized spacial score (nSPS) is 12.6. The van der Waals surface area contributed by atoms with Gasteiger partial charge in [-0.2, -0.15) is 13.2 Å². The van der Waals surface area contributed by atoms with Crippen molar-refractivity contribution in [3.63, 3.8) is 0 Å². The summed E-state index contributed by atoms with van der Waals surface area (Å²) in [5.74, 6) is -3.09. The van der Waals surface area contributed by atoms with Crippen LogP contribution in [-0.2, 0) is 15.8 Å². The molecule has 138 valence electrons. The van der Waals surface area contributed by atoms with Crippen molar-refractivity contribution in [1.29, 1.82) is 0 Å². The minimum Gasteiger partial charge on any atom is -0.480 e. The summed E-state index contributed by atoms with van der Waals surface area (Å²) in [5, 5.41) is 13.3. The molecule has 0 bridgehead atoms. The first-order valence-electron chi connectivity index (χ1n) is 7.49. The van der Waals surface area contributed by atoms with Gasteiger partial charge >= 0.3 is 12.1 Å². The lowest BCUT2D eigenvalue weighted by Gasteiger charge is -2.17. The molecule has 1 unspecified atom stereocenters. The van der Waals surface area contributed by atoms with Gasteiger partial charge in [-0.25, -0.2) is 4.79 Å². The molecule has 1 rings (SSSR count). The van der Waals surface area contributed by atoms with Crippen molar-refractivity contribution >= 4 is 17.8 Å². The summed E-state index contributed by atoms with van der Waals surface area (Å²) in [6.45, 7) is 2.92. The van der Waals surface area contributed by atoms with Gasteiger partial charge in [0.25, 0.3) is 5.91 Å². The van der Waals surface area contributed by atoms with E-state index in [1.165, 1.54) is 6.07 Å². The number of benzene rings is 1. The lowest BCUT2D eigenvalue weighted by atomic mass is 10.0. The van der Waals surface area contributed by atoms with Crippen LogP contribution in [0, 0.1) is 5.92 Å². The van der Waals surface area contributed by atoms with Crippen LogP contribution >= 0.6 is 0 Å². The van der Waals surface area contributed by atoms with E-state index >= 15 is 0 Å². The van der Waals surface area contributed by atoms with E-state index in [-0.39, 0.29) is 12.3 Å². The Morgan fingerprint density at radius 1 is 1.16 bits per heavy atom. The quantitative estimate of drug-likeness (QED) is 0.693. The summed E-state index contributed by atoms with van der Waals surface area (Å²) in [7, 11) is 0. The van der Waals surface area contributed by atoms with Gasteiger partial charge in [-0.1, -0.05) is 26.0 Å². The van der Waals surface area contributed by atoms with Crippen LogP contribution in [-0.4, -0.2) is 35.5 Å². The van der Waals surface area contributed by atoms with Gasteiger partial charge in [0.15, 0.2) is 0 Å². The number of carboxylic acids is 1. The van der Waals surface area contributed by atoms with E-state index < -0.39 is 47.7 Å². The third-order valence-corrected chi connectivity index (χ3v) is 3.23. The van der Waals surface area contributed by atoms with Crippen molar-refractivity contribution in [3.8, 4) is 0 Å². The first kappa shape index (κ1) is 20.5. The van der Waals surface area contributed by atoms with Crippen LogP contribution in [0.15, 0.2) is 24.3 Å². The molecule has 2 amide bonds. The minimum atomic E-state index is -4.71. The van der Waals surface area contributed by atoms with E-state index in [1.54, 1.807) is 13.8 Å². The van der Waals surface area contributed by atoms with Crippen molar-refractivity contribution in [2.24, 2.45) is 5.92 Å². The zero-order valence-corrected chi connectivity index (χ0v) is 13.7. The number of carbonyl (C=O) groups is 3. The standard InChI is InChI=1S/C16H19F3N2O4/c1-9(2)7-12(15(24)25)21-13(22)8-20-14(23)10-5-3-4-6-11(10)16(17,18)19/h3-6,9,12H,7-8H2,1-2H3,(H,20,23)(H,21,22)(H,24,25). The maximum Gasteiger partial charge on any atom is 0.417 e. The molecular formula is C16H19F3N2O4. The van der Waals surface area contributed by atoms with E-state index in [0.717, 1.165) is 18.2 Å². The summed E-state index contributed by atoms with van der Waals surface area (Å²) in [4.78, 5) is 34.7. The van der Waals surface area contributed by atoms with Crippen LogP contribution in [0.1, 0.15) is 36.2 Å². The third kappa shape index (κ3) is 6.44. The Morgan fingerprint density at radius 2 is 1.76 bits per heavy atom. The Kier molecular flexibility index (Phi) is 6.96. The van der Waals surface area contributed by atoms with Gasteiger partial charge in [-0.05, 0) is 24.5 Å². The molecule has 0 aromatic heterocycles. The first-order valence-corrected chi connectivity index (χ1v) is 7.49. The van der Waals surface area contributed by atoms with Crippen LogP contribution in [0.2, 0.25) is 0 Å². The number of alkyl halides is 3. The van der Waals surface area contributed by atoms with Gasteiger partial charge in [-0.15, -0.1) is 0 Å². The van der Waals surface area contributed by atoms with E-state index in [9.17, 15) is 27.6 Å². The highest BCUT2D eigenvalue weighted by Gasteiger charge is 2.34. The molecular weight excluding hydrogens is 341 g/mol. The fourth-order valence-corrected chi connectivity index (χ4v) is 2.12. The number of hydrogen-bond donors (Lipinski definition) is 3. The van der Waals surface area contributed by atoms with Crippen molar-refractivity contribution in [3.05, 3.63) is 35.4 Å². The molecule has 1 aromatic carbocycles. The second kappa shape index (κ2) is 8.50. The Morgan fingerprint density at radius 3 is 2.28 bits per heavy atom. The molecule has 0 radical (unpaired) electrons. The molecule has 1 aromatic rings. The largest absolute Gasteiger partial charge is 0.480 e. The minimum absolute atomic E-state index is 0.00894. The molecule has 0 spiro atoms. The fraction of sp³-hybridized carbons (Fsp3) is 0.438. The molecule has 0 aliphatic heterocycles. The van der Waals surface area contributed by atoms with Gasteiger partial charge in [-0.3, -0.25) is 9.59 Å². The number of carbonyl (C=O) groups excluding carboxylic acids is 2. The summed E-state index contributed by atoms with van der Waals surface area (Å²) in [6.07, 6.45) is -4.52. The van der Waals surface area contributed by atoms with Gasteiger partial charge in [0.2, 0.25) is 5.91 Å². The maximum absolute atomic E-state index is 12.9. The third-order valence-electron chi connectivity index (χ3n) is 3.23. The molecule has 6 nitrogen and oxygen atoms in total. The number of aliphatic carboxylic acids is 1. The van der Waals surface area contributed by atoms with Crippen LogP contribution in [0.5, 0.6) is 0 Å². The highest BCUT2D eigenvalue weighted by molar-refractivity contribution is 5.98. The zero-order chi connectivity index (χ0) is 19.2. The molecule has 0 fully saturated rings. The molecule has 0 saturated carbocycles. The average molecular weight is 360 g/mol. The van der Waals surface area contributed by atoms with Crippen molar-refractivity contribution < 1.29 is 32.7 Å². The van der Waals surface area contributed by atoms with Crippen LogP contribution in [0.4, 0.5) is 13.2 Å². The average Bonchev–Trinajstić information content (AvgIpc) is 2.50. The number of nitrogens with one attached hydrogen (secondary N) is 2. The molecule has 1 atom stereocenters. The summed E-state index contributed by atoms with van der Waals surface area (Å²) >= 11 is 0. The van der Waals surface area contributed by atoms with Crippen molar-refractivity contribution in [2.75, 3.05) is 6.54 Å². The topological polar surface area (TPSA) is 95.5 Å². The van der Waals surface area contributed by atoms with Crippen LogP contribution < -0.4 is 10.6 Å². The molecule has 9 heteroatoms. The fourth-order valence-electron chi connectivity index (χ4n) is 2.12. The Balaban J connectivity index is 2.71. The van der Waals surface area contributed by atoms with Gasteiger partial charge in [0.1, 0.15) is 6.04 Å². The van der Waals surface area contributed by atoms with Gasteiger partial charge in [0, 0.05) is 0 Å². The predicted octanol–water partition coefficient (Wildman–Crippen LogP) is 2.05. The van der Waals surface area contributed by atoms with Crippen molar-refractivity contribution in [1.82, 2.24) is 10.6 Å².